The Morgan fingerprint density at radius 1 is 1.24 bits per heavy atom. The van der Waals surface area contributed by atoms with Gasteiger partial charge in [0.1, 0.15) is 11.4 Å². The van der Waals surface area contributed by atoms with Gasteiger partial charge in [-0.05, 0) is 42.3 Å². The normalized spacial score (nSPS) is 10.7. The summed E-state index contributed by atoms with van der Waals surface area (Å²) in [6, 6.07) is 12.4. The first-order valence-electron chi connectivity index (χ1n) is 6.72. The molecule has 21 heavy (non-hydrogen) atoms. The van der Waals surface area contributed by atoms with Crippen LogP contribution < -0.4 is 5.32 Å². The maximum Gasteiger partial charge on any atom is 0.267 e. The fourth-order valence-electron chi connectivity index (χ4n) is 2.16. The lowest BCUT2D eigenvalue weighted by Crippen LogP contribution is -2.25. The summed E-state index contributed by atoms with van der Waals surface area (Å²) in [4.78, 5) is 19.3. The smallest absolute Gasteiger partial charge is 0.267 e. The number of aromatic amines is 1. The van der Waals surface area contributed by atoms with Gasteiger partial charge in [0, 0.05) is 12.7 Å². The zero-order valence-electron chi connectivity index (χ0n) is 11.3. The number of phenolic OH excluding ortho intramolecular Hbond substituents is 1. The van der Waals surface area contributed by atoms with Crippen molar-refractivity contribution in [1.82, 2.24) is 15.3 Å². The van der Waals surface area contributed by atoms with E-state index in [1.807, 2.05) is 24.3 Å². The summed E-state index contributed by atoms with van der Waals surface area (Å²) in [5.74, 6) is 0.0974. The molecule has 0 saturated carbocycles. The molecule has 106 valence electrons. The lowest BCUT2D eigenvalue weighted by Gasteiger charge is -2.04. The third kappa shape index (κ3) is 3.02. The van der Waals surface area contributed by atoms with E-state index in [2.05, 4.69) is 15.3 Å². The van der Waals surface area contributed by atoms with Crippen LogP contribution in [0.1, 0.15) is 16.1 Å². The Morgan fingerprint density at radius 2 is 2.05 bits per heavy atom. The number of rotatable bonds is 4. The predicted molar refractivity (Wildman–Crippen MR) is 80.2 cm³/mol. The molecule has 0 aliphatic rings. The molecular formula is C16H15N3O2. The minimum atomic E-state index is -0.147. The lowest BCUT2D eigenvalue weighted by atomic mass is 10.1. The first-order chi connectivity index (χ1) is 10.2. The van der Waals surface area contributed by atoms with E-state index >= 15 is 0 Å². The molecule has 3 aromatic rings. The number of phenols is 1. The highest BCUT2D eigenvalue weighted by molar-refractivity contribution is 5.97. The van der Waals surface area contributed by atoms with Gasteiger partial charge < -0.3 is 15.4 Å². The van der Waals surface area contributed by atoms with Crippen LogP contribution >= 0.6 is 0 Å². The summed E-state index contributed by atoms with van der Waals surface area (Å²) < 4.78 is 0. The maximum atomic E-state index is 12.0. The first-order valence-corrected chi connectivity index (χ1v) is 6.72. The monoisotopic (exact) mass is 281 g/mol. The van der Waals surface area contributed by atoms with Crippen molar-refractivity contribution in [3.05, 3.63) is 59.9 Å². The van der Waals surface area contributed by atoms with Gasteiger partial charge in [-0.1, -0.05) is 12.1 Å². The minimum absolute atomic E-state index is 0.147. The van der Waals surface area contributed by atoms with Gasteiger partial charge in [0.15, 0.2) is 0 Å². The van der Waals surface area contributed by atoms with Crippen molar-refractivity contribution in [3.63, 3.8) is 0 Å². The number of pyridine rings is 1. The average molecular weight is 281 g/mol. The number of carbonyl (C=O) groups excluding carboxylic acids is 1. The summed E-state index contributed by atoms with van der Waals surface area (Å²) in [5, 5.41) is 12.1. The van der Waals surface area contributed by atoms with Crippen molar-refractivity contribution in [2.75, 3.05) is 6.54 Å². The van der Waals surface area contributed by atoms with Crippen LogP contribution in [0.4, 0.5) is 0 Å². The van der Waals surface area contributed by atoms with Crippen LogP contribution in [0.2, 0.25) is 0 Å². The molecule has 0 bridgehead atoms. The molecule has 5 heteroatoms. The predicted octanol–water partition coefficient (Wildman–Crippen LogP) is 2.24. The second-order valence-electron chi connectivity index (χ2n) is 4.79. The third-order valence-electron chi connectivity index (χ3n) is 3.27. The molecule has 5 nitrogen and oxygen atoms in total. The number of hydrogen-bond acceptors (Lipinski definition) is 3. The van der Waals surface area contributed by atoms with Crippen LogP contribution in [0.15, 0.2) is 48.7 Å². The molecule has 1 aromatic carbocycles. The van der Waals surface area contributed by atoms with Crippen molar-refractivity contribution < 1.29 is 9.90 Å². The van der Waals surface area contributed by atoms with E-state index in [1.165, 1.54) is 0 Å². The molecule has 3 rings (SSSR count). The molecule has 0 aliphatic carbocycles. The van der Waals surface area contributed by atoms with Gasteiger partial charge in [-0.3, -0.25) is 9.78 Å². The topological polar surface area (TPSA) is 78.0 Å². The molecular weight excluding hydrogens is 266 g/mol. The minimum Gasteiger partial charge on any atom is -0.508 e. The molecule has 3 N–H and O–H groups in total. The molecule has 2 aromatic heterocycles. The molecule has 1 amide bonds. The van der Waals surface area contributed by atoms with Crippen molar-refractivity contribution in [2.24, 2.45) is 0 Å². The Labute approximate surface area is 121 Å². The fraction of sp³-hybridized carbons (Fsp3) is 0.125. The Hall–Kier alpha value is -2.82. The Balaban J connectivity index is 1.60. The van der Waals surface area contributed by atoms with Crippen LogP contribution in [0.5, 0.6) is 5.75 Å². The van der Waals surface area contributed by atoms with E-state index in [9.17, 15) is 9.90 Å². The number of carbonyl (C=O) groups is 1. The molecule has 0 fully saturated rings. The van der Waals surface area contributed by atoms with E-state index < -0.39 is 0 Å². The van der Waals surface area contributed by atoms with Gasteiger partial charge in [0.25, 0.3) is 5.91 Å². The maximum absolute atomic E-state index is 12.0. The Morgan fingerprint density at radius 3 is 2.81 bits per heavy atom. The van der Waals surface area contributed by atoms with E-state index in [-0.39, 0.29) is 11.7 Å². The van der Waals surface area contributed by atoms with Crippen LogP contribution in [-0.2, 0) is 6.42 Å². The van der Waals surface area contributed by atoms with E-state index in [4.69, 9.17) is 0 Å². The largest absolute Gasteiger partial charge is 0.508 e. The van der Waals surface area contributed by atoms with Gasteiger partial charge in [0.05, 0.1) is 11.0 Å². The number of hydrogen-bond donors (Lipinski definition) is 3. The summed E-state index contributed by atoms with van der Waals surface area (Å²) >= 11 is 0. The molecule has 0 unspecified atom stereocenters. The summed E-state index contributed by atoms with van der Waals surface area (Å²) in [6.45, 7) is 0.534. The number of fused-ring (bicyclic) bond motifs is 1. The van der Waals surface area contributed by atoms with Crippen LogP contribution in [0, 0.1) is 0 Å². The zero-order valence-corrected chi connectivity index (χ0v) is 11.3. The number of amides is 1. The highest BCUT2D eigenvalue weighted by Crippen LogP contribution is 2.12. The van der Waals surface area contributed by atoms with E-state index in [0.29, 0.717) is 18.7 Å². The van der Waals surface area contributed by atoms with Gasteiger partial charge in [-0.15, -0.1) is 0 Å². The molecule has 0 spiro atoms. The van der Waals surface area contributed by atoms with Gasteiger partial charge in [-0.25, -0.2) is 0 Å². The molecule has 0 radical (unpaired) electrons. The zero-order chi connectivity index (χ0) is 14.7. The van der Waals surface area contributed by atoms with Gasteiger partial charge in [0.2, 0.25) is 0 Å². The molecule has 0 aliphatic heterocycles. The van der Waals surface area contributed by atoms with E-state index in [1.54, 1.807) is 24.4 Å². The number of aromatic nitrogens is 2. The Bertz CT molecular complexity index is 730. The molecule has 0 saturated heterocycles. The average Bonchev–Trinajstić information content (AvgIpc) is 2.93. The number of aromatic hydroxyl groups is 1. The van der Waals surface area contributed by atoms with Gasteiger partial charge in [-0.2, -0.15) is 0 Å². The number of nitrogens with one attached hydrogen (secondary N) is 2. The van der Waals surface area contributed by atoms with Crippen molar-refractivity contribution in [1.29, 1.82) is 0 Å². The standard InChI is InChI=1S/C16H15N3O2/c20-12-5-3-11(4-6-12)7-9-18-16(21)15-10-14-13(19-15)2-1-8-17-14/h1-6,8,10,19-20H,7,9H2,(H,18,21). The third-order valence-corrected chi connectivity index (χ3v) is 3.27. The molecule has 0 atom stereocenters. The highest BCUT2D eigenvalue weighted by Gasteiger charge is 2.09. The summed E-state index contributed by atoms with van der Waals surface area (Å²) in [6.07, 6.45) is 2.41. The van der Waals surface area contributed by atoms with Crippen LogP contribution in [-0.4, -0.2) is 27.5 Å². The number of H-pyrrole nitrogens is 1. The van der Waals surface area contributed by atoms with Crippen LogP contribution in [0.3, 0.4) is 0 Å². The SMILES string of the molecule is O=C(NCCc1ccc(O)cc1)c1cc2ncccc2[nH]1. The second kappa shape index (κ2) is 5.66. The van der Waals surface area contributed by atoms with Crippen molar-refractivity contribution >= 4 is 16.9 Å². The van der Waals surface area contributed by atoms with E-state index in [0.717, 1.165) is 16.6 Å². The lowest BCUT2D eigenvalue weighted by molar-refractivity contribution is 0.0950. The van der Waals surface area contributed by atoms with Crippen molar-refractivity contribution in [3.8, 4) is 5.75 Å². The second-order valence-corrected chi connectivity index (χ2v) is 4.79. The summed E-state index contributed by atoms with van der Waals surface area (Å²) in [7, 11) is 0. The van der Waals surface area contributed by atoms with Crippen LogP contribution in [0.25, 0.3) is 11.0 Å². The first kappa shape index (κ1) is 13.2. The summed E-state index contributed by atoms with van der Waals surface area (Å²) in [5.41, 5.74) is 3.20. The number of nitrogens with zero attached hydrogens (tertiary/aromatic N) is 1. The van der Waals surface area contributed by atoms with Gasteiger partial charge >= 0.3 is 0 Å². The molecule has 2 heterocycles. The van der Waals surface area contributed by atoms with Crippen molar-refractivity contribution in [2.45, 2.75) is 6.42 Å². The number of benzene rings is 1. The fourth-order valence-corrected chi connectivity index (χ4v) is 2.16. The Kier molecular flexibility index (Phi) is 3.55. The highest BCUT2D eigenvalue weighted by atomic mass is 16.3. The quantitative estimate of drug-likeness (QED) is 0.686.